The predicted molar refractivity (Wildman–Crippen MR) is 111 cm³/mol. The zero-order valence-corrected chi connectivity index (χ0v) is 18.2. The number of carbonyl (C=O) groups excluding carboxylic acids is 3. The number of carbonyl (C=O) groups is 3. The molecule has 2 amide bonds. The molecule has 0 bridgehead atoms. The molecule has 3 fully saturated rings. The van der Waals surface area contributed by atoms with Crippen LogP contribution in [0, 0.1) is 0 Å². The zero-order chi connectivity index (χ0) is 22.2. The summed E-state index contributed by atoms with van der Waals surface area (Å²) < 4.78 is 16.6. The molecule has 4 rings (SSSR count). The number of nitrogens with one attached hydrogen (secondary N) is 1. The summed E-state index contributed by atoms with van der Waals surface area (Å²) in [6.45, 7) is 5.46. The second kappa shape index (κ2) is 8.49. The lowest BCUT2D eigenvalue weighted by atomic mass is 9.99. The van der Waals surface area contributed by atoms with E-state index in [4.69, 9.17) is 14.2 Å². The molecule has 8 heteroatoms. The maximum absolute atomic E-state index is 13.4. The molecule has 0 aliphatic carbocycles. The van der Waals surface area contributed by atoms with Gasteiger partial charge in [0.2, 0.25) is 5.91 Å². The summed E-state index contributed by atoms with van der Waals surface area (Å²) in [6, 6.07) is 7.89. The van der Waals surface area contributed by atoms with Crippen LogP contribution in [0.5, 0.6) is 0 Å². The Kier molecular flexibility index (Phi) is 5.92. The number of benzene rings is 1. The lowest BCUT2D eigenvalue weighted by molar-refractivity contribution is -0.156. The Bertz CT molecular complexity index is 836. The Morgan fingerprint density at radius 3 is 2.55 bits per heavy atom. The minimum absolute atomic E-state index is 0.0462. The molecular weight excluding hydrogens is 400 g/mol. The molecule has 1 aromatic carbocycles. The molecule has 0 spiro atoms. The minimum Gasteiger partial charge on any atom is -0.459 e. The molecule has 3 heterocycles. The van der Waals surface area contributed by atoms with E-state index >= 15 is 0 Å². The first-order chi connectivity index (χ1) is 14.7. The van der Waals surface area contributed by atoms with Crippen molar-refractivity contribution in [3.8, 4) is 0 Å². The third-order valence-electron chi connectivity index (χ3n) is 5.90. The van der Waals surface area contributed by atoms with Crippen LogP contribution in [0.15, 0.2) is 30.3 Å². The van der Waals surface area contributed by atoms with Gasteiger partial charge in [0.1, 0.15) is 24.3 Å². The van der Waals surface area contributed by atoms with Gasteiger partial charge in [-0.25, -0.2) is 9.59 Å². The van der Waals surface area contributed by atoms with Gasteiger partial charge < -0.3 is 24.4 Å². The van der Waals surface area contributed by atoms with Crippen molar-refractivity contribution >= 4 is 18.0 Å². The predicted octanol–water partition coefficient (Wildman–Crippen LogP) is 2.54. The molecule has 3 aliphatic heterocycles. The van der Waals surface area contributed by atoms with Crippen molar-refractivity contribution in [1.29, 1.82) is 0 Å². The highest BCUT2D eigenvalue weighted by Crippen LogP contribution is 2.39. The van der Waals surface area contributed by atoms with Crippen molar-refractivity contribution in [1.82, 2.24) is 10.2 Å². The van der Waals surface area contributed by atoms with Crippen LogP contribution >= 0.6 is 0 Å². The van der Waals surface area contributed by atoms with Gasteiger partial charge in [0, 0.05) is 12.5 Å². The molecule has 3 aliphatic rings. The zero-order valence-electron chi connectivity index (χ0n) is 18.2. The standard InChI is InChI=1S/C23H30N2O6/c1-23(2,3)31-22(28)24-16-12-19-18(30-19)11-15-9-10-17(25(15)20(16)26)21(27)29-13-14-7-5-4-6-8-14/h4-8,15-19H,9-13H2,1-3H3,(H,24,28)/t15-,16+,17+,18-,19+/m1/s1. The molecule has 0 radical (unpaired) electrons. The minimum atomic E-state index is -0.796. The van der Waals surface area contributed by atoms with E-state index in [2.05, 4.69) is 5.32 Å². The first-order valence-electron chi connectivity index (χ1n) is 10.9. The number of fused-ring (bicyclic) bond motifs is 2. The first kappa shape index (κ1) is 21.6. The van der Waals surface area contributed by atoms with E-state index in [0.29, 0.717) is 25.7 Å². The van der Waals surface area contributed by atoms with Crippen molar-refractivity contribution in [2.45, 2.75) is 89.0 Å². The van der Waals surface area contributed by atoms with Crippen molar-refractivity contribution in [3.05, 3.63) is 35.9 Å². The normalized spacial score (nSPS) is 29.8. The van der Waals surface area contributed by atoms with Crippen molar-refractivity contribution in [3.63, 3.8) is 0 Å². The van der Waals surface area contributed by atoms with E-state index in [1.165, 1.54) is 0 Å². The summed E-state index contributed by atoms with van der Waals surface area (Å²) in [5.74, 6) is -0.687. The third-order valence-corrected chi connectivity index (χ3v) is 5.90. The van der Waals surface area contributed by atoms with E-state index in [9.17, 15) is 14.4 Å². The summed E-state index contributed by atoms with van der Waals surface area (Å²) in [6.07, 6.45) is 1.69. The number of hydrogen-bond acceptors (Lipinski definition) is 6. The largest absolute Gasteiger partial charge is 0.459 e. The maximum Gasteiger partial charge on any atom is 0.408 e. The van der Waals surface area contributed by atoms with E-state index in [1.807, 2.05) is 30.3 Å². The van der Waals surface area contributed by atoms with Gasteiger partial charge in [0.25, 0.3) is 0 Å². The lowest BCUT2D eigenvalue weighted by Crippen LogP contribution is -2.56. The molecule has 0 saturated carbocycles. The van der Waals surface area contributed by atoms with Crippen LogP contribution in [0.1, 0.15) is 52.0 Å². The van der Waals surface area contributed by atoms with Crippen LogP contribution < -0.4 is 5.32 Å². The smallest absolute Gasteiger partial charge is 0.408 e. The fourth-order valence-electron chi connectivity index (χ4n) is 4.45. The SMILES string of the molecule is CC(C)(C)OC(=O)N[C@H]1C[C@@H]2O[C@@H]2C[C@H]2CC[C@@H](C(=O)OCc3ccccc3)N2C1=O. The van der Waals surface area contributed by atoms with Gasteiger partial charge in [-0.1, -0.05) is 30.3 Å². The average Bonchev–Trinajstić information content (AvgIpc) is 3.27. The molecule has 5 atom stereocenters. The summed E-state index contributed by atoms with van der Waals surface area (Å²) >= 11 is 0. The molecule has 0 aromatic heterocycles. The summed E-state index contributed by atoms with van der Waals surface area (Å²) in [5.41, 5.74) is 0.218. The Balaban J connectivity index is 1.46. The number of epoxide rings is 1. The molecule has 8 nitrogen and oxygen atoms in total. The van der Waals surface area contributed by atoms with Crippen LogP contribution in [0.3, 0.4) is 0 Å². The molecule has 1 N–H and O–H groups in total. The van der Waals surface area contributed by atoms with Crippen molar-refractivity contribution in [2.75, 3.05) is 0 Å². The second-order valence-electron chi connectivity index (χ2n) is 9.47. The first-order valence-corrected chi connectivity index (χ1v) is 10.9. The fraction of sp³-hybridized carbons (Fsp3) is 0.609. The van der Waals surface area contributed by atoms with Gasteiger partial charge in [-0.3, -0.25) is 4.79 Å². The summed E-state index contributed by atoms with van der Waals surface area (Å²) in [4.78, 5) is 40.2. The highest BCUT2D eigenvalue weighted by molar-refractivity contribution is 5.90. The van der Waals surface area contributed by atoms with E-state index in [0.717, 1.165) is 5.56 Å². The average molecular weight is 431 g/mol. The van der Waals surface area contributed by atoms with E-state index in [1.54, 1.807) is 25.7 Å². The number of nitrogens with zero attached hydrogens (tertiary/aromatic N) is 1. The van der Waals surface area contributed by atoms with Gasteiger partial charge >= 0.3 is 12.1 Å². The van der Waals surface area contributed by atoms with Gasteiger partial charge in [-0.15, -0.1) is 0 Å². The van der Waals surface area contributed by atoms with Crippen LogP contribution in [-0.4, -0.2) is 58.8 Å². The number of rotatable bonds is 4. The number of alkyl carbamates (subject to hydrolysis) is 1. The van der Waals surface area contributed by atoms with Crippen LogP contribution in [-0.2, 0) is 30.4 Å². The van der Waals surface area contributed by atoms with E-state index in [-0.39, 0.29) is 30.8 Å². The highest BCUT2D eigenvalue weighted by Gasteiger charge is 2.52. The lowest BCUT2D eigenvalue weighted by Gasteiger charge is -2.34. The highest BCUT2D eigenvalue weighted by atomic mass is 16.6. The van der Waals surface area contributed by atoms with Gasteiger partial charge in [-0.05, 0) is 45.6 Å². The third kappa shape index (κ3) is 5.18. The number of amides is 2. The second-order valence-corrected chi connectivity index (χ2v) is 9.47. The fourth-order valence-corrected chi connectivity index (χ4v) is 4.45. The van der Waals surface area contributed by atoms with Crippen LogP contribution in [0.25, 0.3) is 0 Å². The monoisotopic (exact) mass is 430 g/mol. The Morgan fingerprint density at radius 2 is 1.84 bits per heavy atom. The van der Waals surface area contributed by atoms with Gasteiger partial charge in [0.15, 0.2) is 0 Å². The number of ether oxygens (including phenoxy) is 3. The van der Waals surface area contributed by atoms with E-state index < -0.39 is 29.7 Å². The van der Waals surface area contributed by atoms with Crippen LogP contribution in [0.2, 0.25) is 0 Å². The van der Waals surface area contributed by atoms with Gasteiger partial charge in [0.05, 0.1) is 12.2 Å². The molecule has 0 unspecified atom stereocenters. The number of esters is 1. The number of hydrogen-bond donors (Lipinski definition) is 1. The molecule has 168 valence electrons. The molecule has 3 saturated heterocycles. The van der Waals surface area contributed by atoms with Crippen molar-refractivity contribution in [2.24, 2.45) is 0 Å². The summed E-state index contributed by atoms with van der Waals surface area (Å²) in [5, 5.41) is 2.70. The quantitative estimate of drug-likeness (QED) is 0.582. The Labute approximate surface area is 182 Å². The maximum atomic E-state index is 13.4. The van der Waals surface area contributed by atoms with Crippen molar-refractivity contribution < 1.29 is 28.6 Å². The molecular formula is C23H30N2O6. The summed E-state index contributed by atoms with van der Waals surface area (Å²) in [7, 11) is 0. The molecule has 31 heavy (non-hydrogen) atoms. The Hall–Kier alpha value is -2.61. The Morgan fingerprint density at radius 1 is 1.13 bits per heavy atom. The van der Waals surface area contributed by atoms with Crippen LogP contribution in [0.4, 0.5) is 4.79 Å². The topological polar surface area (TPSA) is 97.5 Å². The molecule has 1 aromatic rings. The van der Waals surface area contributed by atoms with Gasteiger partial charge in [-0.2, -0.15) is 0 Å².